The van der Waals surface area contributed by atoms with Crippen LogP contribution in [0.25, 0.3) is 104 Å². The predicted octanol–water partition coefficient (Wildman–Crippen LogP) is 13.8. The molecule has 0 aliphatic rings. The fourth-order valence-corrected chi connectivity index (χ4v) is 8.61. The SMILES string of the molecule is c1ccc(-c2nc3c4ccccc4c4cc(-c5c6ccccc6c(-c6ccc7ccccc7c6)c6ccccc56)ccc4n3c2-c2ccccc2)cc1. The molecule has 2 nitrogen and oxygen atoms in total. The van der Waals surface area contributed by atoms with Gasteiger partial charge in [-0.1, -0.05) is 176 Å². The lowest BCUT2D eigenvalue weighted by atomic mass is 9.85. The van der Waals surface area contributed by atoms with Gasteiger partial charge in [-0.15, -0.1) is 0 Å². The number of hydrogen-bond acceptors (Lipinski definition) is 1. The molecule has 0 bridgehead atoms. The Labute approximate surface area is 306 Å². The van der Waals surface area contributed by atoms with Gasteiger partial charge >= 0.3 is 0 Å². The average Bonchev–Trinajstić information content (AvgIpc) is 3.64. The molecule has 0 N–H and O–H groups in total. The van der Waals surface area contributed by atoms with Crippen LogP contribution in [0.4, 0.5) is 0 Å². The van der Waals surface area contributed by atoms with Crippen LogP contribution in [-0.4, -0.2) is 9.38 Å². The van der Waals surface area contributed by atoms with Crippen LogP contribution in [0.15, 0.2) is 194 Å². The first-order chi connectivity index (χ1) is 26.3. The first-order valence-corrected chi connectivity index (χ1v) is 18.2. The standard InChI is InChI=1S/C51H32N2/c1-3-16-34(17-4-1)49-50(35-18-5-2-6-19-35)53-46-30-29-38(32-45(46)39-21-9-14-26-44(39)51(53)52-49)48-42-24-12-10-22-40(42)47(41-23-11-13-25-43(41)48)37-28-27-33-15-7-8-20-36(33)31-37/h1-32H. The molecule has 0 aliphatic heterocycles. The summed E-state index contributed by atoms with van der Waals surface area (Å²) in [6, 6.07) is 70.4. The number of benzene rings is 9. The average molecular weight is 673 g/mol. The van der Waals surface area contributed by atoms with Crippen molar-refractivity contribution in [3.63, 3.8) is 0 Å². The Morgan fingerprint density at radius 2 is 0.811 bits per heavy atom. The van der Waals surface area contributed by atoms with Crippen LogP contribution in [0.3, 0.4) is 0 Å². The number of rotatable bonds is 4. The molecular weight excluding hydrogens is 641 g/mol. The Morgan fingerprint density at radius 3 is 1.45 bits per heavy atom. The van der Waals surface area contributed by atoms with E-state index in [1.165, 1.54) is 65.3 Å². The molecule has 2 aromatic heterocycles. The molecule has 11 rings (SSSR count). The van der Waals surface area contributed by atoms with E-state index in [2.05, 4.69) is 199 Å². The number of aromatic nitrogens is 2. The molecule has 246 valence electrons. The number of nitrogens with zero attached hydrogens (tertiary/aromatic N) is 2. The molecule has 0 unspecified atom stereocenters. The Morgan fingerprint density at radius 1 is 0.321 bits per heavy atom. The lowest BCUT2D eigenvalue weighted by molar-refractivity contribution is 1.27. The lowest BCUT2D eigenvalue weighted by Crippen LogP contribution is -1.95. The van der Waals surface area contributed by atoms with Crippen molar-refractivity contribution in [2.45, 2.75) is 0 Å². The highest BCUT2D eigenvalue weighted by molar-refractivity contribution is 6.23. The van der Waals surface area contributed by atoms with Crippen molar-refractivity contribution in [2.24, 2.45) is 0 Å². The second-order valence-corrected chi connectivity index (χ2v) is 13.9. The molecule has 0 atom stereocenters. The minimum absolute atomic E-state index is 0.967. The maximum absolute atomic E-state index is 5.42. The fourth-order valence-electron chi connectivity index (χ4n) is 8.61. The van der Waals surface area contributed by atoms with E-state index in [4.69, 9.17) is 4.98 Å². The van der Waals surface area contributed by atoms with Gasteiger partial charge in [-0.25, -0.2) is 4.98 Å². The molecule has 11 aromatic rings. The van der Waals surface area contributed by atoms with Crippen LogP contribution in [0, 0.1) is 0 Å². The quantitative estimate of drug-likeness (QED) is 0.134. The van der Waals surface area contributed by atoms with E-state index in [0.29, 0.717) is 0 Å². The van der Waals surface area contributed by atoms with Gasteiger partial charge in [0.2, 0.25) is 0 Å². The summed E-state index contributed by atoms with van der Waals surface area (Å²) in [5.41, 5.74) is 11.4. The second-order valence-electron chi connectivity index (χ2n) is 13.9. The summed E-state index contributed by atoms with van der Waals surface area (Å²) in [6.45, 7) is 0. The van der Waals surface area contributed by atoms with Crippen molar-refractivity contribution >= 4 is 59.6 Å². The third kappa shape index (κ3) is 4.56. The minimum atomic E-state index is 0.967. The minimum Gasteiger partial charge on any atom is -0.291 e. The highest BCUT2D eigenvalue weighted by Crippen LogP contribution is 2.46. The fraction of sp³-hybridized carbons (Fsp3) is 0. The molecule has 9 aromatic carbocycles. The van der Waals surface area contributed by atoms with Crippen molar-refractivity contribution < 1.29 is 0 Å². The lowest BCUT2D eigenvalue weighted by Gasteiger charge is -2.19. The van der Waals surface area contributed by atoms with Gasteiger partial charge in [0.1, 0.15) is 5.65 Å². The zero-order chi connectivity index (χ0) is 34.9. The van der Waals surface area contributed by atoms with Gasteiger partial charge in [0.05, 0.1) is 16.9 Å². The Kier molecular flexibility index (Phi) is 6.59. The molecule has 0 saturated carbocycles. The first kappa shape index (κ1) is 29.7. The number of imidazole rings is 1. The summed E-state index contributed by atoms with van der Waals surface area (Å²) in [5.74, 6) is 0. The largest absolute Gasteiger partial charge is 0.291 e. The summed E-state index contributed by atoms with van der Waals surface area (Å²) >= 11 is 0. The molecule has 0 aliphatic carbocycles. The van der Waals surface area contributed by atoms with E-state index in [1.807, 2.05) is 0 Å². The van der Waals surface area contributed by atoms with Crippen molar-refractivity contribution in [1.29, 1.82) is 0 Å². The van der Waals surface area contributed by atoms with Crippen LogP contribution in [0.1, 0.15) is 0 Å². The smallest absolute Gasteiger partial charge is 0.146 e. The van der Waals surface area contributed by atoms with Crippen LogP contribution in [-0.2, 0) is 0 Å². The Bertz CT molecular complexity index is 3150. The Balaban J connectivity index is 1.24. The summed E-state index contributed by atoms with van der Waals surface area (Å²) in [5, 5.41) is 11.0. The molecule has 0 saturated heterocycles. The molecule has 0 amide bonds. The monoisotopic (exact) mass is 672 g/mol. The summed E-state index contributed by atoms with van der Waals surface area (Å²) in [7, 11) is 0. The molecule has 53 heavy (non-hydrogen) atoms. The van der Waals surface area contributed by atoms with E-state index in [-0.39, 0.29) is 0 Å². The number of pyridine rings is 1. The van der Waals surface area contributed by atoms with Gasteiger partial charge in [0, 0.05) is 21.9 Å². The third-order valence-electron chi connectivity index (χ3n) is 10.9. The van der Waals surface area contributed by atoms with Crippen LogP contribution < -0.4 is 0 Å². The van der Waals surface area contributed by atoms with Crippen molar-refractivity contribution in [1.82, 2.24) is 9.38 Å². The first-order valence-electron chi connectivity index (χ1n) is 18.2. The molecule has 0 radical (unpaired) electrons. The maximum atomic E-state index is 5.42. The predicted molar refractivity (Wildman–Crippen MR) is 224 cm³/mol. The maximum Gasteiger partial charge on any atom is 0.146 e. The summed E-state index contributed by atoms with van der Waals surface area (Å²) in [6.07, 6.45) is 0. The van der Waals surface area contributed by atoms with E-state index < -0.39 is 0 Å². The second kappa shape index (κ2) is 11.8. The van der Waals surface area contributed by atoms with Crippen molar-refractivity contribution in [3.8, 4) is 44.8 Å². The third-order valence-corrected chi connectivity index (χ3v) is 10.9. The van der Waals surface area contributed by atoms with Crippen LogP contribution >= 0.6 is 0 Å². The van der Waals surface area contributed by atoms with Gasteiger partial charge in [0.25, 0.3) is 0 Å². The van der Waals surface area contributed by atoms with E-state index in [9.17, 15) is 0 Å². The van der Waals surface area contributed by atoms with E-state index >= 15 is 0 Å². The number of fused-ring (bicyclic) bond motifs is 9. The molecule has 0 fully saturated rings. The summed E-state index contributed by atoms with van der Waals surface area (Å²) < 4.78 is 2.39. The zero-order valence-electron chi connectivity index (χ0n) is 28.9. The van der Waals surface area contributed by atoms with Gasteiger partial charge in [0.15, 0.2) is 0 Å². The van der Waals surface area contributed by atoms with Gasteiger partial charge in [-0.05, 0) is 78.2 Å². The molecule has 2 heterocycles. The van der Waals surface area contributed by atoms with Crippen LogP contribution in [0.2, 0.25) is 0 Å². The van der Waals surface area contributed by atoms with Crippen molar-refractivity contribution in [2.75, 3.05) is 0 Å². The summed E-state index contributed by atoms with van der Waals surface area (Å²) in [4.78, 5) is 5.42. The molecular formula is C51H32N2. The number of hydrogen-bond donors (Lipinski definition) is 0. The Hall–Kier alpha value is -7.03. The normalized spacial score (nSPS) is 11.8. The van der Waals surface area contributed by atoms with Crippen molar-refractivity contribution in [3.05, 3.63) is 194 Å². The highest BCUT2D eigenvalue weighted by Gasteiger charge is 2.22. The van der Waals surface area contributed by atoms with Gasteiger partial charge in [-0.3, -0.25) is 4.40 Å². The molecule has 0 spiro atoms. The van der Waals surface area contributed by atoms with E-state index in [1.54, 1.807) is 0 Å². The van der Waals surface area contributed by atoms with E-state index in [0.717, 1.165) is 39.1 Å². The van der Waals surface area contributed by atoms with Gasteiger partial charge in [-0.2, -0.15) is 0 Å². The molecule has 2 heteroatoms. The topological polar surface area (TPSA) is 17.3 Å². The zero-order valence-corrected chi connectivity index (χ0v) is 28.9. The van der Waals surface area contributed by atoms with Gasteiger partial charge < -0.3 is 0 Å². The highest BCUT2D eigenvalue weighted by atomic mass is 15.0. The van der Waals surface area contributed by atoms with Crippen LogP contribution in [0.5, 0.6) is 0 Å².